The summed E-state index contributed by atoms with van der Waals surface area (Å²) in [6.45, 7) is 14.0. The van der Waals surface area contributed by atoms with Crippen LogP contribution >= 0.6 is 0 Å². The van der Waals surface area contributed by atoms with Crippen molar-refractivity contribution in [1.82, 2.24) is 0 Å². The highest BCUT2D eigenvalue weighted by Gasteiger charge is 2.20. The van der Waals surface area contributed by atoms with Gasteiger partial charge in [-0.3, -0.25) is 9.59 Å². The molecule has 1 rings (SSSR count). The summed E-state index contributed by atoms with van der Waals surface area (Å²) in [5.41, 5.74) is 0.915. The van der Waals surface area contributed by atoms with E-state index >= 15 is 0 Å². The molecule has 0 N–H and O–H groups in total. The van der Waals surface area contributed by atoms with Gasteiger partial charge in [-0.2, -0.15) is 0 Å². The van der Waals surface area contributed by atoms with E-state index in [9.17, 15) is 9.59 Å². The first-order valence-corrected chi connectivity index (χ1v) is 8.55. The second-order valence-corrected chi connectivity index (χ2v) is 8.06. The van der Waals surface area contributed by atoms with Gasteiger partial charge in [-0.15, -0.1) is 0 Å². The molecule has 0 aliphatic carbocycles. The highest BCUT2D eigenvalue weighted by Crippen LogP contribution is 2.34. The van der Waals surface area contributed by atoms with Gasteiger partial charge >= 0.3 is 11.9 Å². The fraction of sp³-hybridized carbons (Fsp3) is 0.600. The van der Waals surface area contributed by atoms with Crippen LogP contribution in [-0.2, 0) is 15.0 Å². The van der Waals surface area contributed by atoms with E-state index in [1.54, 1.807) is 12.1 Å². The summed E-state index contributed by atoms with van der Waals surface area (Å²) in [4.78, 5) is 24.0. The molecule has 4 heteroatoms. The fourth-order valence-corrected chi connectivity index (χ4v) is 2.13. The van der Waals surface area contributed by atoms with Crippen molar-refractivity contribution in [3.05, 3.63) is 23.8 Å². The summed E-state index contributed by atoms with van der Waals surface area (Å²) in [5, 5.41) is 0. The van der Waals surface area contributed by atoms with Gasteiger partial charge < -0.3 is 9.47 Å². The van der Waals surface area contributed by atoms with Crippen molar-refractivity contribution in [3.63, 3.8) is 0 Å². The third-order valence-corrected chi connectivity index (χ3v) is 3.41. The minimum absolute atomic E-state index is 0.0975. The molecule has 134 valence electrons. The highest BCUT2D eigenvalue weighted by molar-refractivity contribution is 5.76. The van der Waals surface area contributed by atoms with E-state index in [4.69, 9.17) is 9.47 Å². The maximum atomic E-state index is 12.0. The van der Waals surface area contributed by atoms with Gasteiger partial charge in [0.25, 0.3) is 0 Å². The van der Waals surface area contributed by atoms with Crippen molar-refractivity contribution in [2.75, 3.05) is 0 Å². The molecule has 24 heavy (non-hydrogen) atoms. The predicted molar refractivity (Wildman–Crippen MR) is 95.3 cm³/mol. The van der Waals surface area contributed by atoms with Gasteiger partial charge in [0, 0.05) is 12.8 Å². The molecule has 0 spiro atoms. The van der Waals surface area contributed by atoms with Crippen LogP contribution in [0.15, 0.2) is 18.2 Å². The zero-order chi connectivity index (χ0) is 18.5. The molecule has 0 saturated heterocycles. The van der Waals surface area contributed by atoms with Crippen LogP contribution in [0, 0.1) is 11.8 Å². The maximum absolute atomic E-state index is 12.0. The van der Waals surface area contributed by atoms with Crippen LogP contribution in [0.2, 0.25) is 0 Å². The zero-order valence-corrected chi connectivity index (χ0v) is 15.9. The van der Waals surface area contributed by atoms with E-state index in [2.05, 4.69) is 20.8 Å². The summed E-state index contributed by atoms with van der Waals surface area (Å²) < 4.78 is 10.9. The lowest BCUT2D eigenvalue weighted by Gasteiger charge is -2.21. The second kappa shape index (κ2) is 8.32. The first kappa shape index (κ1) is 20.2. The number of carbonyl (C=O) groups is 2. The first-order valence-electron chi connectivity index (χ1n) is 8.55. The number of hydrogen-bond acceptors (Lipinski definition) is 4. The Morgan fingerprint density at radius 2 is 1.33 bits per heavy atom. The highest BCUT2D eigenvalue weighted by atomic mass is 16.6. The molecule has 0 fully saturated rings. The first-order chi connectivity index (χ1) is 11.0. The summed E-state index contributed by atoms with van der Waals surface area (Å²) in [5.74, 6) is 0.372. The van der Waals surface area contributed by atoms with Gasteiger partial charge in [-0.1, -0.05) is 54.5 Å². The Morgan fingerprint density at radius 1 is 0.875 bits per heavy atom. The average molecular weight is 334 g/mol. The number of hydrogen-bond donors (Lipinski definition) is 0. The van der Waals surface area contributed by atoms with Gasteiger partial charge in [0.15, 0.2) is 11.5 Å². The van der Waals surface area contributed by atoms with Crippen molar-refractivity contribution in [2.45, 2.75) is 66.7 Å². The predicted octanol–water partition coefficient (Wildman–Crippen LogP) is 4.89. The standard InChI is InChI=1S/C20H30O4/c1-13(2)10-18(21)23-16-9-8-15(20(5,6)7)12-17(16)24-19(22)11-14(3)4/h8-9,12-14H,10-11H2,1-7H3. The van der Waals surface area contributed by atoms with Crippen LogP contribution in [-0.4, -0.2) is 11.9 Å². The smallest absolute Gasteiger partial charge is 0.311 e. The maximum Gasteiger partial charge on any atom is 0.311 e. The molecule has 1 aromatic rings. The van der Waals surface area contributed by atoms with E-state index in [1.165, 1.54) is 0 Å². The van der Waals surface area contributed by atoms with Crippen LogP contribution in [0.5, 0.6) is 11.5 Å². The number of rotatable bonds is 6. The molecule has 0 aliphatic heterocycles. The van der Waals surface area contributed by atoms with Crippen LogP contribution in [0.4, 0.5) is 0 Å². The molecule has 0 aliphatic rings. The van der Waals surface area contributed by atoms with Gasteiger partial charge in [-0.05, 0) is 34.9 Å². The molecule has 0 atom stereocenters. The lowest BCUT2D eigenvalue weighted by Crippen LogP contribution is -2.16. The Bertz CT molecular complexity index is 580. The summed E-state index contributed by atoms with van der Waals surface area (Å²) in [6, 6.07) is 5.39. The van der Waals surface area contributed by atoms with E-state index in [1.807, 2.05) is 33.8 Å². The van der Waals surface area contributed by atoms with E-state index in [-0.39, 0.29) is 29.2 Å². The minimum atomic E-state index is -0.324. The van der Waals surface area contributed by atoms with Crippen molar-refractivity contribution in [1.29, 1.82) is 0 Å². The van der Waals surface area contributed by atoms with E-state index < -0.39 is 0 Å². The number of esters is 2. The van der Waals surface area contributed by atoms with Gasteiger partial charge in [-0.25, -0.2) is 0 Å². The molecular weight excluding hydrogens is 304 g/mol. The molecule has 0 heterocycles. The van der Waals surface area contributed by atoms with Crippen molar-refractivity contribution in [3.8, 4) is 11.5 Å². The lowest BCUT2D eigenvalue weighted by molar-refractivity contribution is -0.138. The molecule has 4 nitrogen and oxygen atoms in total. The Kier molecular flexibility index (Phi) is 7.00. The van der Waals surface area contributed by atoms with Crippen molar-refractivity contribution in [2.24, 2.45) is 11.8 Å². The van der Waals surface area contributed by atoms with Crippen molar-refractivity contribution < 1.29 is 19.1 Å². The normalized spacial score (nSPS) is 11.7. The molecule has 0 bridgehead atoms. The van der Waals surface area contributed by atoms with Gasteiger partial charge in [0.2, 0.25) is 0 Å². The quantitative estimate of drug-likeness (QED) is 0.549. The Balaban J connectivity index is 3.08. The Hall–Kier alpha value is -1.84. The second-order valence-electron chi connectivity index (χ2n) is 8.06. The third-order valence-electron chi connectivity index (χ3n) is 3.41. The Morgan fingerprint density at radius 3 is 1.75 bits per heavy atom. The summed E-state index contributed by atoms with van der Waals surface area (Å²) in [7, 11) is 0. The summed E-state index contributed by atoms with van der Waals surface area (Å²) in [6.07, 6.45) is 0.638. The number of benzene rings is 1. The number of carbonyl (C=O) groups excluding carboxylic acids is 2. The van der Waals surface area contributed by atoms with Gasteiger partial charge in [0.1, 0.15) is 0 Å². The lowest BCUT2D eigenvalue weighted by atomic mass is 9.87. The van der Waals surface area contributed by atoms with Crippen LogP contribution in [0.25, 0.3) is 0 Å². The third kappa shape index (κ3) is 6.73. The largest absolute Gasteiger partial charge is 0.423 e. The van der Waals surface area contributed by atoms with E-state index in [0.717, 1.165) is 5.56 Å². The summed E-state index contributed by atoms with van der Waals surface area (Å²) >= 11 is 0. The molecule has 0 radical (unpaired) electrons. The zero-order valence-electron chi connectivity index (χ0n) is 15.9. The molecule has 0 unspecified atom stereocenters. The monoisotopic (exact) mass is 334 g/mol. The van der Waals surface area contributed by atoms with Crippen LogP contribution < -0.4 is 9.47 Å². The molecule has 0 aromatic heterocycles. The number of ether oxygens (including phenoxy) is 2. The molecule has 0 saturated carbocycles. The fourth-order valence-electron chi connectivity index (χ4n) is 2.13. The Labute approximate surface area is 145 Å². The topological polar surface area (TPSA) is 52.6 Å². The molecule has 0 amide bonds. The minimum Gasteiger partial charge on any atom is -0.423 e. The molecular formula is C20H30O4. The van der Waals surface area contributed by atoms with Gasteiger partial charge in [0.05, 0.1) is 0 Å². The SMILES string of the molecule is CC(C)CC(=O)Oc1ccc(C(C)(C)C)cc1OC(=O)CC(C)C. The molecule has 1 aromatic carbocycles. The van der Waals surface area contributed by atoms with E-state index in [0.29, 0.717) is 24.3 Å². The van der Waals surface area contributed by atoms with Crippen LogP contribution in [0.3, 0.4) is 0 Å². The van der Waals surface area contributed by atoms with Crippen molar-refractivity contribution >= 4 is 11.9 Å². The average Bonchev–Trinajstić information content (AvgIpc) is 2.37. The van der Waals surface area contributed by atoms with Crippen LogP contribution in [0.1, 0.15) is 66.9 Å².